The number of aromatic nitrogens is 3. The quantitative estimate of drug-likeness (QED) is 0.377. The van der Waals surface area contributed by atoms with E-state index in [4.69, 9.17) is 4.74 Å². The third-order valence-electron chi connectivity index (χ3n) is 3.76. The Balaban J connectivity index is 0.00000264. The van der Waals surface area contributed by atoms with Crippen LogP contribution in [0.1, 0.15) is 19.7 Å². The van der Waals surface area contributed by atoms with E-state index in [-0.39, 0.29) is 24.0 Å². The van der Waals surface area contributed by atoms with Crippen molar-refractivity contribution in [1.82, 2.24) is 30.3 Å². The van der Waals surface area contributed by atoms with Crippen molar-refractivity contribution in [3.8, 4) is 0 Å². The van der Waals surface area contributed by atoms with Gasteiger partial charge in [0.1, 0.15) is 18.7 Å². The summed E-state index contributed by atoms with van der Waals surface area (Å²) in [5.41, 5.74) is 0. The zero-order chi connectivity index (χ0) is 15.8. The first kappa shape index (κ1) is 20.1. The minimum atomic E-state index is 0. The lowest BCUT2D eigenvalue weighted by atomic mass is 10.2. The van der Waals surface area contributed by atoms with Crippen LogP contribution in [0.4, 0.5) is 0 Å². The topological polar surface area (TPSA) is 79.6 Å². The lowest BCUT2D eigenvalue weighted by molar-refractivity contribution is 0.0211. The summed E-state index contributed by atoms with van der Waals surface area (Å²) in [6.07, 6.45) is 1.55. The third-order valence-corrected chi connectivity index (χ3v) is 3.76. The van der Waals surface area contributed by atoms with Gasteiger partial charge < -0.3 is 15.4 Å². The van der Waals surface area contributed by atoms with E-state index in [0.717, 1.165) is 51.2 Å². The highest BCUT2D eigenvalue weighted by Crippen LogP contribution is 2.02. The van der Waals surface area contributed by atoms with Gasteiger partial charge in [0.25, 0.3) is 0 Å². The van der Waals surface area contributed by atoms with Crippen LogP contribution in [0.15, 0.2) is 11.3 Å². The van der Waals surface area contributed by atoms with Crippen LogP contribution in [0.25, 0.3) is 0 Å². The lowest BCUT2D eigenvalue weighted by Gasteiger charge is -2.32. The molecule has 23 heavy (non-hydrogen) atoms. The molecule has 0 amide bonds. The fraction of sp³-hybridized carbons (Fsp3) is 0.786. The molecule has 1 atom stereocenters. The molecule has 0 bridgehead atoms. The molecule has 1 unspecified atom stereocenters. The number of ether oxygens (including phenoxy) is 1. The Morgan fingerprint density at radius 1 is 1.39 bits per heavy atom. The van der Waals surface area contributed by atoms with Gasteiger partial charge in [0.2, 0.25) is 0 Å². The van der Waals surface area contributed by atoms with Gasteiger partial charge in [-0.15, -0.1) is 24.0 Å². The van der Waals surface area contributed by atoms with E-state index in [9.17, 15) is 0 Å². The molecule has 1 aliphatic heterocycles. The smallest absolute Gasteiger partial charge is 0.191 e. The highest BCUT2D eigenvalue weighted by Gasteiger charge is 2.16. The number of hydrogen-bond acceptors (Lipinski definition) is 5. The minimum Gasteiger partial charge on any atom is -0.379 e. The van der Waals surface area contributed by atoms with Gasteiger partial charge in [-0.25, -0.2) is 9.98 Å². The first-order chi connectivity index (χ1) is 10.7. The van der Waals surface area contributed by atoms with Crippen LogP contribution in [0.2, 0.25) is 0 Å². The summed E-state index contributed by atoms with van der Waals surface area (Å²) in [4.78, 5) is 11.2. The summed E-state index contributed by atoms with van der Waals surface area (Å²) in [6, 6.07) is 0.447. The van der Waals surface area contributed by atoms with Crippen LogP contribution in [0.5, 0.6) is 0 Å². The number of morpholine rings is 1. The fourth-order valence-corrected chi connectivity index (χ4v) is 2.35. The Bertz CT molecular complexity index is 473. The van der Waals surface area contributed by atoms with E-state index < -0.39 is 0 Å². The van der Waals surface area contributed by atoms with E-state index >= 15 is 0 Å². The van der Waals surface area contributed by atoms with Crippen molar-refractivity contribution in [2.75, 3.05) is 39.4 Å². The molecule has 1 aromatic heterocycles. The number of aliphatic imine (C=N–C) groups is 1. The molecule has 2 heterocycles. The summed E-state index contributed by atoms with van der Waals surface area (Å²) in [7, 11) is 1.87. The molecule has 1 saturated heterocycles. The molecule has 2 rings (SSSR count). The Hall–Kier alpha value is -0.940. The molecule has 0 aromatic carbocycles. The second-order valence-corrected chi connectivity index (χ2v) is 5.37. The van der Waals surface area contributed by atoms with Gasteiger partial charge in [-0.1, -0.05) is 0 Å². The van der Waals surface area contributed by atoms with Crippen molar-refractivity contribution in [2.45, 2.75) is 26.4 Å². The lowest BCUT2D eigenvalue weighted by Crippen LogP contribution is -2.49. The van der Waals surface area contributed by atoms with E-state index in [1.807, 2.05) is 7.05 Å². The van der Waals surface area contributed by atoms with Crippen molar-refractivity contribution < 1.29 is 4.74 Å². The van der Waals surface area contributed by atoms with Gasteiger partial charge in [0, 0.05) is 39.3 Å². The Kier molecular flexibility index (Phi) is 9.41. The second-order valence-electron chi connectivity index (χ2n) is 5.37. The first-order valence-corrected chi connectivity index (χ1v) is 7.87. The van der Waals surface area contributed by atoms with Crippen LogP contribution in [0.3, 0.4) is 0 Å². The number of aryl methyl sites for hydroxylation is 1. The largest absolute Gasteiger partial charge is 0.379 e. The molecular weight excluding hydrogens is 409 g/mol. The Labute approximate surface area is 155 Å². The number of hydrogen-bond donors (Lipinski definition) is 2. The van der Waals surface area contributed by atoms with E-state index in [1.54, 1.807) is 11.0 Å². The number of nitrogens with one attached hydrogen (secondary N) is 2. The van der Waals surface area contributed by atoms with Crippen LogP contribution in [-0.2, 0) is 18.3 Å². The third kappa shape index (κ3) is 6.60. The maximum atomic E-state index is 5.39. The molecule has 2 N–H and O–H groups in total. The summed E-state index contributed by atoms with van der Waals surface area (Å²) < 4.78 is 7.13. The molecule has 0 spiro atoms. The van der Waals surface area contributed by atoms with Crippen molar-refractivity contribution >= 4 is 29.9 Å². The van der Waals surface area contributed by atoms with Crippen molar-refractivity contribution in [3.05, 3.63) is 12.2 Å². The highest BCUT2D eigenvalue weighted by molar-refractivity contribution is 14.0. The molecule has 1 aromatic rings. The van der Waals surface area contributed by atoms with Crippen molar-refractivity contribution in [2.24, 2.45) is 12.0 Å². The average Bonchev–Trinajstić information content (AvgIpc) is 2.96. The Morgan fingerprint density at radius 2 is 2.13 bits per heavy atom. The SMILES string of the molecule is CCNC(=NCc1ncnn1C)NCC(C)N1CCOCC1.I. The Morgan fingerprint density at radius 3 is 2.74 bits per heavy atom. The van der Waals surface area contributed by atoms with E-state index in [1.165, 1.54) is 0 Å². The number of halogens is 1. The molecular formula is C14H28IN7O. The summed E-state index contributed by atoms with van der Waals surface area (Å²) >= 11 is 0. The zero-order valence-corrected chi connectivity index (χ0v) is 16.5. The standard InChI is InChI=1S/C14H27N7O.HI/c1-4-15-14(17-10-13-18-11-19-20(13)3)16-9-12(2)21-5-7-22-8-6-21;/h11-12H,4-10H2,1-3H3,(H2,15,16,17);1H. The molecule has 8 nitrogen and oxygen atoms in total. The first-order valence-electron chi connectivity index (χ1n) is 7.87. The monoisotopic (exact) mass is 437 g/mol. The van der Waals surface area contributed by atoms with Crippen LogP contribution in [-0.4, -0.2) is 71.1 Å². The van der Waals surface area contributed by atoms with Gasteiger partial charge in [-0.2, -0.15) is 5.10 Å². The van der Waals surface area contributed by atoms with Crippen molar-refractivity contribution in [3.63, 3.8) is 0 Å². The molecule has 1 fully saturated rings. The van der Waals surface area contributed by atoms with E-state index in [2.05, 4.69) is 44.5 Å². The second kappa shape index (κ2) is 10.8. The van der Waals surface area contributed by atoms with Gasteiger partial charge in [-0.05, 0) is 13.8 Å². The molecule has 1 aliphatic rings. The summed E-state index contributed by atoms with van der Waals surface area (Å²) in [5, 5.41) is 10.7. The molecule has 0 radical (unpaired) electrons. The average molecular weight is 437 g/mol. The van der Waals surface area contributed by atoms with Crippen LogP contribution < -0.4 is 10.6 Å². The number of guanidine groups is 1. The van der Waals surface area contributed by atoms with Crippen LogP contribution in [0, 0.1) is 0 Å². The minimum absolute atomic E-state index is 0. The molecule has 132 valence electrons. The summed E-state index contributed by atoms with van der Waals surface area (Å²) in [5.74, 6) is 1.66. The van der Waals surface area contributed by atoms with Crippen molar-refractivity contribution in [1.29, 1.82) is 0 Å². The highest BCUT2D eigenvalue weighted by atomic mass is 127. The normalized spacial score (nSPS) is 17.4. The molecule has 0 saturated carbocycles. The maximum absolute atomic E-state index is 5.39. The van der Waals surface area contributed by atoms with Gasteiger partial charge in [0.15, 0.2) is 5.96 Å². The number of nitrogens with zero attached hydrogens (tertiary/aromatic N) is 5. The maximum Gasteiger partial charge on any atom is 0.191 e. The molecule has 0 aliphatic carbocycles. The summed E-state index contributed by atoms with van der Waals surface area (Å²) in [6.45, 7) is 10.1. The van der Waals surface area contributed by atoms with E-state index in [0.29, 0.717) is 12.6 Å². The van der Waals surface area contributed by atoms with Gasteiger partial charge in [-0.3, -0.25) is 9.58 Å². The van der Waals surface area contributed by atoms with Gasteiger partial charge in [0.05, 0.1) is 13.2 Å². The molecule has 9 heteroatoms. The fourth-order valence-electron chi connectivity index (χ4n) is 2.35. The van der Waals surface area contributed by atoms with Crippen LogP contribution >= 0.6 is 24.0 Å². The number of rotatable bonds is 6. The van der Waals surface area contributed by atoms with Gasteiger partial charge >= 0.3 is 0 Å². The predicted molar refractivity (Wildman–Crippen MR) is 101 cm³/mol. The predicted octanol–water partition coefficient (Wildman–Crippen LogP) is 0.209. The zero-order valence-electron chi connectivity index (χ0n) is 14.2.